The number of carbonyl (C=O) groups excluding carboxylic acids is 3. The van der Waals surface area contributed by atoms with Crippen LogP contribution in [0, 0.1) is 0 Å². The van der Waals surface area contributed by atoms with Crippen LogP contribution >= 0.6 is 11.6 Å². The Labute approximate surface area is 145 Å². The number of nitrogens with zero attached hydrogens (tertiary/aromatic N) is 1. The fraction of sp³-hybridized carbons (Fsp3) is 0.471. The fourth-order valence-electron chi connectivity index (χ4n) is 3.26. The largest absolute Gasteiger partial charge is 0.459 e. The fourth-order valence-corrected chi connectivity index (χ4v) is 3.43. The predicted octanol–water partition coefficient (Wildman–Crippen LogP) is 1.79. The van der Waals surface area contributed by atoms with Gasteiger partial charge >= 0.3 is 5.97 Å². The monoisotopic (exact) mass is 350 g/mol. The molecular formula is C17H19ClN2O4. The van der Waals surface area contributed by atoms with Crippen molar-refractivity contribution in [3.05, 3.63) is 28.8 Å². The van der Waals surface area contributed by atoms with Crippen molar-refractivity contribution >= 4 is 35.1 Å². The maximum atomic E-state index is 13.0. The molecule has 0 radical (unpaired) electrons. The topological polar surface area (TPSA) is 75.7 Å². The minimum atomic E-state index is -0.987. The minimum absolute atomic E-state index is 0.0595. The van der Waals surface area contributed by atoms with Crippen LogP contribution in [0.2, 0.25) is 5.02 Å². The zero-order chi connectivity index (χ0) is 17.7. The average molecular weight is 351 g/mol. The molecule has 6 nitrogen and oxygen atoms in total. The lowest BCUT2D eigenvalue weighted by Gasteiger charge is -2.24. The van der Waals surface area contributed by atoms with Crippen LogP contribution in [0.4, 0.5) is 5.69 Å². The zero-order valence-corrected chi connectivity index (χ0v) is 14.6. The van der Waals surface area contributed by atoms with Crippen LogP contribution in [0.5, 0.6) is 0 Å². The third-order valence-electron chi connectivity index (χ3n) is 4.18. The van der Waals surface area contributed by atoms with Gasteiger partial charge in [-0.3, -0.25) is 14.4 Å². The molecule has 2 heterocycles. The van der Waals surface area contributed by atoms with Crippen LogP contribution in [-0.2, 0) is 24.5 Å². The summed E-state index contributed by atoms with van der Waals surface area (Å²) in [6.07, 6.45) is 0.0595. The summed E-state index contributed by atoms with van der Waals surface area (Å²) in [5.74, 6) is -0.955. The van der Waals surface area contributed by atoms with Crippen LogP contribution in [0.15, 0.2) is 18.2 Å². The van der Waals surface area contributed by atoms with E-state index in [0.717, 1.165) is 0 Å². The average Bonchev–Trinajstić information content (AvgIpc) is 2.93. The second kappa shape index (κ2) is 5.48. The number of nitrogens with one attached hydrogen (secondary N) is 1. The molecule has 0 aliphatic carbocycles. The molecule has 0 saturated carbocycles. The molecule has 1 unspecified atom stereocenters. The number of carbonyl (C=O) groups is 3. The van der Waals surface area contributed by atoms with Crippen molar-refractivity contribution in [3.8, 4) is 0 Å². The van der Waals surface area contributed by atoms with Crippen LogP contribution in [0.25, 0.3) is 0 Å². The molecule has 1 saturated heterocycles. The number of amides is 2. The van der Waals surface area contributed by atoms with E-state index < -0.39 is 17.0 Å². The lowest BCUT2D eigenvalue weighted by atomic mass is 9.81. The Hall–Kier alpha value is -2.08. The van der Waals surface area contributed by atoms with Gasteiger partial charge in [0.1, 0.15) is 17.6 Å². The van der Waals surface area contributed by atoms with Crippen molar-refractivity contribution in [2.24, 2.45) is 0 Å². The molecule has 1 atom stereocenters. The summed E-state index contributed by atoms with van der Waals surface area (Å²) >= 11 is 6.08. The highest BCUT2D eigenvalue weighted by Gasteiger charge is 2.55. The quantitative estimate of drug-likeness (QED) is 0.825. The van der Waals surface area contributed by atoms with Gasteiger partial charge in [-0.2, -0.15) is 0 Å². The van der Waals surface area contributed by atoms with E-state index in [1.165, 1.54) is 4.90 Å². The van der Waals surface area contributed by atoms with Crippen molar-refractivity contribution < 1.29 is 19.1 Å². The number of benzene rings is 1. The third-order valence-corrected chi connectivity index (χ3v) is 4.41. The molecule has 1 fully saturated rings. The second-order valence-corrected chi connectivity index (χ2v) is 7.61. The smallest absolute Gasteiger partial charge is 0.326 e. The minimum Gasteiger partial charge on any atom is -0.459 e. The van der Waals surface area contributed by atoms with Gasteiger partial charge in [-0.15, -0.1) is 0 Å². The number of ether oxygens (including phenoxy) is 1. The molecule has 1 aromatic carbocycles. The number of rotatable bonds is 2. The lowest BCUT2D eigenvalue weighted by Crippen LogP contribution is -2.44. The summed E-state index contributed by atoms with van der Waals surface area (Å²) in [6.45, 7) is 5.33. The maximum Gasteiger partial charge on any atom is 0.326 e. The van der Waals surface area contributed by atoms with Crippen molar-refractivity contribution in [2.45, 2.75) is 38.2 Å². The Kier molecular flexibility index (Phi) is 3.83. The zero-order valence-electron chi connectivity index (χ0n) is 13.8. The molecule has 1 aromatic rings. The predicted molar refractivity (Wildman–Crippen MR) is 89.0 cm³/mol. The number of esters is 1. The molecule has 7 heteroatoms. The highest BCUT2D eigenvalue weighted by Crippen LogP contribution is 2.46. The first-order valence-corrected chi connectivity index (χ1v) is 8.11. The van der Waals surface area contributed by atoms with Crippen molar-refractivity contribution in [1.82, 2.24) is 5.32 Å². The molecule has 0 aromatic heterocycles. The van der Waals surface area contributed by atoms with Gasteiger partial charge in [0.2, 0.25) is 11.8 Å². The van der Waals surface area contributed by atoms with E-state index in [1.54, 1.807) is 39.0 Å². The van der Waals surface area contributed by atoms with Crippen molar-refractivity contribution in [3.63, 3.8) is 0 Å². The van der Waals surface area contributed by atoms with Gasteiger partial charge in [0.25, 0.3) is 0 Å². The SMILES string of the molecule is CC(C)(C)OC(=O)CN1C(=O)C2(CNC(=O)C2)c2cc(Cl)ccc21. The standard InChI is InChI=1S/C17H19ClN2O4/c1-16(2,3)24-14(22)8-20-12-5-4-10(18)6-11(12)17(15(20)23)7-13(21)19-9-17/h4-6H,7-9H2,1-3H3,(H,19,21). The van der Waals surface area contributed by atoms with Gasteiger partial charge in [-0.25, -0.2) is 0 Å². The normalized spacial score (nSPS) is 22.8. The van der Waals surface area contributed by atoms with E-state index >= 15 is 0 Å². The van der Waals surface area contributed by atoms with Crippen molar-refractivity contribution in [1.29, 1.82) is 0 Å². The van der Waals surface area contributed by atoms with Gasteiger partial charge in [0.05, 0.1) is 0 Å². The molecule has 1 spiro atoms. The first kappa shape index (κ1) is 16.8. The first-order valence-electron chi connectivity index (χ1n) is 7.73. The van der Waals surface area contributed by atoms with Gasteiger partial charge in [-0.05, 0) is 44.5 Å². The molecule has 1 N–H and O–H groups in total. The van der Waals surface area contributed by atoms with Gasteiger partial charge in [-0.1, -0.05) is 11.6 Å². The van der Waals surface area contributed by atoms with Gasteiger partial charge in [0, 0.05) is 23.7 Å². The highest BCUT2D eigenvalue weighted by atomic mass is 35.5. The first-order chi connectivity index (χ1) is 11.1. The van der Waals surface area contributed by atoms with E-state index in [2.05, 4.69) is 5.32 Å². The van der Waals surface area contributed by atoms with E-state index in [-0.39, 0.29) is 31.3 Å². The molecule has 3 rings (SSSR count). The molecule has 2 aliphatic heterocycles. The second-order valence-electron chi connectivity index (χ2n) is 7.17. The van der Waals surface area contributed by atoms with Crippen LogP contribution < -0.4 is 10.2 Å². The maximum absolute atomic E-state index is 13.0. The summed E-state index contributed by atoms with van der Waals surface area (Å²) in [5.41, 5.74) is -0.335. The molecule has 24 heavy (non-hydrogen) atoms. The Morgan fingerprint density at radius 3 is 2.67 bits per heavy atom. The van der Waals surface area contributed by atoms with Crippen molar-refractivity contribution in [2.75, 3.05) is 18.0 Å². The summed E-state index contributed by atoms with van der Waals surface area (Å²) in [4.78, 5) is 38.4. The van der Waals surface area contributed by atoms with E-state index in [0.29, 0.717) is 16.3 Å². The Morgan fingerprint density at radius 1 is 1.38 bits per heavy atom. The summed E-state index contributed by atoms with van der Waals surface area (Å²) in [5, 5.41) is 3.20. The van der Waals surface area contributed by atoms with Crippen LogP contribution in [-0.4, -0.2) is 36.5 Å². The van der Waals surface area contributed by atoms with E-state index in [4.69, 9.17) is 16.3 Å². The highest BCUT2D eigenvalue weighted by molar-refractivity contribution is 6.31. The molecule has 0 bridgehead atoms. The molecule has 128 valence electrons. The Balaban J connectivity index is 1.96. The summed E-state index contributed by atoms with van der Waals surface area (Å²) in [7, 11) is 0. The van der Waals surface area contributed by atoms with Crippen LogP contribution in [0.1, 0.15) is 32.8 Å². The Morgan fingerprint density at radius 2 is 2.08 bits per heavy atom. The van der Waals surface area contributed by atoms with E-state index in [1.807, 2.05) is 0 Å². The Bertz CT molecular complexity index is 741. The third kappa shape index (κ3) is 2.75. The number of anilines is 1. The number of fused-ring (bicyclic) bond motifs is 2. The van der Waals surface area contributed by atoms with E-state index in [9.17, 15) is 14.4 Å². The summed E-state index contributed by atoms with van der Waals surface area (Å²) < 4.78 is 5.32. The van der Waals surface area contributed by atoms with Gasteiger partial charge < -0.3 is 15.0 Å². The summed E-state index contributed by atoms with van der Waals surface area (Å²) in [6, 6.07) is 5.07. The molecular weight excluding hydrogens is 332 g/mol. The molecule has 2 aliphatic rings. The number of halogens is 1. The van der Waals surface area contributed by atoms with Crippen LogP contribution in [0.3, 0.4) is 0 Å². The number of hydrogen-bond acceptors (Lipinski definition) is 4. The molecule has 2 amide bonds. The lowest BCUT2D eigenvalue weighted by molar-refractivity contribution is -0.153. The number of hydrogen-bond donors (Lipinski definition) is 1. The van der Waals surface area contributed by atoms with Gasteiger partial charge in [0.15, 0.2) is 0 Å².